The van der Waals surface area contributed by atoms with Crippen molar-refractivity contribution in [2.45, 2.75) is 19.4 Å². The second kappa shape index (κ2) is 4.07. The lowest BCUT2D eigenvalue weighted by Gasteiger charge is -2.49. The number of morpholine rings is 1. The fourth-order valence-electron chi connectivity index (χ4n) is 1.72. The van der Waals surface area contributed by atoms with Crippen molar-refractivity contribution in [2.24, 2.45) is 0 Å². The Hall–Kier alpha value is -0.610. The van der Waals surface area contributed by atoms with E-state index in [9.17, 15) is 4.79 Å². The first-order valence-electron chi connectivity index (χ1n) is 4.79. The molecule has 0 atom stereocenters. The zero-order chi connectivity index (χ0) is 9.90. The van der Waals surface area contributed by atoms with Gasteiger partial charge in [-0.25, -0.2) is 0 Å². The maximum Gasteiger partial charge on any atom is 0.246 e. The summed E-state index contributed by atoms with van der Waals surface area (Å²) in [7, 11) is 2.05. The van der Waals surface area contributed by atoms with Crippen LogP contribution in [0.2, 0.25) is 0 Å². The third-order valence-corrected chi connectivity index (χ3v) is 2.23. The largest absolute Gasteiger partial charge is 0.361 e. The Balaban J connectivity index is 0.000000396. The SMILES string of the molecule is CC.CN1CC2(CNC(=O)CO2)C1. The summed E-state index contributed by atoms with van der Waals surface area (Å²) in [5.41, 5.74) is -0.0529. The third kappa shape index (κ3) is 2.19. The fraction of sp³-hybridized carbons (Fsp3) is 0.889. The number of amides is 1. The van der Waals surface area contributed by atoms with Crippen molar-refractivity contribution in [3.8, 4) is 0 Å². The minimum absolute atomic E-state index is 0.00479. The Morgan fingerprint density at radius 3 is 2.46 bits per heavy atom. The topological polar surface area (TPSA) is 41.6 Å². The number of likely N-dealkylation sites (tertiary alicyclic amines) is 1. The normalized spacial score (nSPS) is 25.6. The van der Waals surface area contributed by atoms with Crippen LogP contribution in [0.15, 0.2) is 0 Å². The van der Waals surface area contributed by atoms with E-state index in [0.717, 1.165) is 13.1 Å². The van der Waals surface area contributed by atoms with E-state index in [0.29, 0.717) is 6.54 Å². The molecule has 76 valence electrons. The number of ether oxygens (including phenoxy) is 1. The van der Waals surface area contributed by atoms with Crippen molar-refractivity contribution in [3.05, 3.63) is 0 Å². The van der Waals surface area contributed by atoms with Crippen LogP contribution in [0.3, 0.4) is 0 Å². The molecule has 0 saturated carbocycles. The second-order valence-corrected chi connectivity index (χ2v) is 3.42. The minimum Gasteiger partial charge on any atom is -0.361 e. The molecule has 0 aliphatic carbocycles. The summed E-state index contributed by atoms with van der Waals surface area (Å²) in [6, 6.07) is 0. The summed E-state index contributed by atoms with van der Waals surface area (Å²) in [4.78, 5) is 12.9. The highest BCUT2D eigenvalue weighted by molar-refractivity contribution is 5.78. The predicted octanol–water partition coefficient (Wildman–Crippen LogP) is -0.157. The maximum atomic E-state index is 10.7. The molecule has 4 heteroatoms. The fourth-order valence-corrected chi connectivity index (χ4v) is 1.72. The average molecular weight is 186 g/mol. The van der Waals surface area contributed by atoms with E-state index in [1.807, 2.05) is 20.9 Å². The Morgan fingerprint density at radius 1 is 1.46 bits per heavy atom. The third-order valence-electron chi connectivity index (χ3n) is 2.23. The summed E-state index contributed by atoms with van der Waals surface area (Å²) < 4.78 is 5.43. The highest BCUT2D eigenvalue weighted by Crippen LogP contribution is 2.24. The molecule has 0 radical (unpaired) electrons. The number of rotatable bonds is 0. The smallest absolute Gasteiger partial charge is 0.246 e. The van der Waals surface area contributed by atoms with Crippen LogP contribution in [0.1, 0.15) is 13.8 Å². The molecular formula is C9H18N2O2. The van der Waals surface area contributed by atoms with Gasteiger partial charge in [-0.3, -0.25) is 4.79 Å². The molecule has 0 aromatic carbocycles. The molecule has 2 rings (SSSR count). The van der Waals surface area contributed by atoms with Crippen molar-refractivity contribution >= 4 is 5.91 Å². The van der Waals surface area contributed by atoms with Gasteiger partial charge in [0.15, 0.2) is 0 Å². The molecule has 0 bridgehead atoms. The molecule has 2 saturated heterocycles. The van der Waals surface area contributed by atoms with Gasteiger partial charge >= 0.3 is 0 Å². The molecule has 1 amide bonds. The number of hydrogen-bond donors (Lipinski definition) is 1. The van der Waals surface area contributed by atoms with Gasteiger partial charge in [0.05, 0.1) is 0 Å². The Bertz CT molecular complexity index is 176. The summed E-state index contributed by atoms with van der Waals surface area (Å²) in [6.07, 6.45) is 0. The summed E-state index contributed by atoms with van der Waals surface area (Å²) in [5, 5.41) is 2.80. The molecule has 2 aliphatic rings. The van der Waals surface area contributed by atoms with Crippen LogP contribution >= 0.6 is 0 Å². The standard InChI is InChI=1S/C7H12N2O2.C2H6/c1-9-4-7(5-9)3-8-6(10)2-11-7;1-2/h2-5H2,1H3,(H,8,10);1-2H3. The lowest BCUT2D eigenvalue weighted by molar-refractivity contribution is -0.168. The van der Waals surface area contributed by atoms with Crippen LogP contribution in [-0.2, 0) is 9.53 Å². The summed E-state index contributed by atoms with van der Waals surface area (Å²) >= 11 is 0. The molecule has 2 aliphatic heterocycles. The van der Waals surface area contributed by atoms with E-state index in [1.54, 1.807) is 0 Å². The van der Waals surface area contributed by atoms with E-state index in [1.165, 1.54) is 0 Å². The highest BCUT2D eigenvalue weighted by atomic mass is 16.5. The lowest BCUT2D eigenvalue weighted by Crippen LogP contribution is -2.69. The predicted molar refractivity (Wildman–Crippen MR) is 50.5 cm³/mol. The van der Waals surface area contributed by atoms with Gasteiger partial charge in [-0.15, -0.1) is 0 Å². The van der Waals surface area contributed by atoms with Crippen LogP contribution in [0.5, 0.6) is 0 Å². The Morgan fingerprint density at radius 2 is 2.08 bits per heavy atom. The molecule has 1 spiro atoms. The average Bonchev–Trinajstić information content (AvgIpc) is 2.11. The van der Waals surface area contributed by atoms with Gasteiger partial charge in [0.25, 0.3) is 0 Å². The molecule has 0 aromatic rings. The van der Waals surface area contributed by atoms with Gasteiger partial charge in [0, 0.05) is 19.6 Å². The number of hydrogen-bond acceptors (Lipinski definition) is 3. The quantitative estimate of drug-likeness (QED) is 0.571. The second-order valence-electron chi connectivity index (χ2n) is 3.42. The van der Waals surface area contributed by atoms with E-state index in [-0.39, 0.29) is 18.1 Å². The van der Waals surface area contributed by atoms with Crippen LogP contribution < -0.4 is 5.32 Å². The van der Waals surface area contributed by atoms with E-state index in [4.69, 9.17) is 4.74 Å². The lowest BCUT2D eigenvalue weighted by atomic mass is 9.93. The molecule has 0 aromatic heterocycles. The molecule has 0 unspecified atom stereocenters. The number of carbonyl (C=O) groups is 1. The zero-order valence-corrected chi connectivity index (χ0v) is 8.59. The zero-order valence-electron chi connectivity index (χ0n) is 8.59. The van der Waals surface area contributed by atoms with Gasteiger partial charge in [-0.1, -0.05) is 13.8 Å². The van der Waals surface area contributed by atoms with Crippen LogP contribution in [0.4, 0.5) is 0 Å². The van der Waals surface area contributed by atoms with Crippen molar-refractivity contribution < 1.29 is 9.53 Å². The van der Waals surface area contributed by atoms with Gasteiger partial charge in [-0.05, 0) is 7.05 Å². The van der Waals surface area contributed by atoms with Crippen molar-refractivity contribution in [1.29, 1.82) is 0 Å². The van der Waals surface area contributed by atoms with Crippen molar-refractivity contribution in [3.63, 3.8) is 0 Å². The van der Waals surface area contributed by atoms with Gasteiger partial charge in [0.2, 0.25) is 5.91 Å². The number of carbonyl (C=O) groups excluding carboxylic acids is 1. The first-order valence-corrected chi connectivity index (χ1v) is 4.79. The molecule has 1 N–H and O–H groups in total. The van der Waals surface area contributed by atoms with Gasteiger partial charge in [0.1, 0.15) is 12.2 Å². The number of likely N-dealkylation sites (N-methyl/N-ethyl adjacent to an activating group) is 1. The van der Waals surface area contributed by atoms with E-state index in [2.05, 4.69) is 10.2 Å². The van der Waals surface area contributed by atoms with Crippen LogP contribution in [0, 0.1) is 0 Å². The number of nitrogens with zero attached hydrogens (tertiary/aromatic N) is 1. The van der Waals surface area contributed by atoms with Gasteiger partial charge in [-0.2, -0.15) is 0 Å². The van der Waals surface area contributed by atoms with Gasteiger partial charge < -0.3 is 15.0 Å². The Kier molecular flexibility index (Phi) is 3.27. The summed E-state index contributed by atoms with van der Waals surface area (Å²) in [6.45, 7) is 6.78. The molecule has 2 fully saturated rings. The minimum atomic E-state index is -0.0529. The first kappa shape index (κ1) is 10.5. The first-order chi connectivity index (χ1) is 6.20. The van der Waals surface area contributed by atoms with Crippen LogP contribution in [0.25, 0.3) is 0 Å². The Labute approximate surface area is 79.2 Å². The van der Waals surface area contributed by atoms with Crippen molar-refractivity contribution in [2.75, 3.05) is 33.3 Å². The highest BCUT2D eigenvalue weighted by Gasteiger charge is 2.44. The molecular weight excluding hydrogens is 168 g/mol. The molecule has 13 heavy (non-hydrogen) atoms. The van der Waals surface area contributed by atoms with Crippen molar-refractivity contribution in [1.82, 2.24) is 10.2 Å². The molecule has 4 nitrogen and oxygen atoms in total. The van der Waals surface area contributed by atoms with E-state index >= 15 is 0 Å². The van der Waals surface area contributed by atoms with Crippen LogP contribution in [-0.4, -0.2) is 49.7 Å². The monoisotopic (exact) mass is 186 g/mol. The summed E-state index contributed by atoms with van der Waals surface area (Å²) in [5.74, 6) is 0.00479. The maximum absolute atomic E-state index is 10.7. The number of nitrogens with one attached hydrogen (secondary N) is 1. The van der Waals surface area contributed by atoms with E-state index < -0.39 is 0 Å². The molecule has 2 heterocycles.